The van der Waals surface area contributed by atoms with Crippen molar-refractivity contribution in [1.29, 1.82) is 0 Å². The summed E-state index contributed by atoms with van der Waals surface area (Å²) in [5.41, 5.74) is -0.545. The lowest BCUT2D eigenvalue weighted by Crippen LogP contribution is -2.60. The van der Waals surface area contributed by atoms with Gasteiger partial charge in [0.15, 0.2) is 0 Å². The van der Waals surface area contributed by atoms with Gasteiger partial charge < -0.3 is 10.0 Å². The van der Waals surface area contributed by atoms with E-state index in [1.54, 1.807) is 6.20 Å². The molecule has 1 N–H and O–H groups in total. The first-order chi connectivity index (χ1) is 6.08. The van der Waals surface area contributed by atoms with Crippen LogP contribution in [0.25, 0.3) is 0 Å². The number of pyridine rings is 1. The smallest absolute Gasteiger partial charge is 0.143 e. The predicted octanol–water partition coefficient (Wildman–Crippen LogP) is 1.42. The van der Waals surface area contributed by atoms with Crippen molar-refractivity contribution in [2.45, 2.75) is 12.5 Å². The first kappa shape index (κ1) is 8.97. The van der Waals surface area contributed by atoms with Gasteiger partial charge in [-0.15, -0.1) is 0 Å². The van der Waals surface area contributed by atoms with Crippen LogP contribution >= 0.6 is 15.9 Å². The van der Waals surface area contributed by atoms with Gasteiger partial charge >= 0.3 is 0 Å². The van der Waals surface area contributed by atoms with Crippen LogP contribution in [0.15, 0.2) is 22.8 Å². The molecular formula is C9H11BrN2O. The van der Waals surface area contributed by atoms with Gasteiger partial charge in [-0.05, 0) is 35.0 Å². The second kappa shape index (κ2) is 2.96. The third-order valence-corrected chi connectivity index (χ3v) is 2.72. The van der Waals surface area contributed by atoms with Crippen molar-refractivity contribution in [2.24, 2.45) is 0 Å². The van der Waals surface area contributed by atoms with Gasteiger partial charge in [-0.2, -0.15) is 0 Å². The molecule has 0 aromatic carbocycles. The van der Waals surface area contributed by atoms with Crippen LogP contribution in [-0.2, 0) is 0 Å². The van der Waals surface area contributed by atoms with Gasteiger partial charge in [0.05, 0.1) is 10.1 Å². The lowest BCUT2D eigenvalue weighted by atomic mass is 9.97. The number of nitrogens with zero attached hydrogens (tertiary/aromatic N) is 2. The fourth-order valence-electron chi connectivity index (χ4n) is 1.54. The Morgan fingerprint density at radius 3 is 2.85 bits per heavy atom. The first-order valence-corrected chi connectivity index (χ1v) is 4.96. The molecule has 13 heavy (non-hydrogen) atoms. The van der Waals surface area contributed by atoms with Gasteiger partial charge in [0, 0.05) is 19.3 Å². The lowest BCUT2D eigenvalue weighted by Gasteiger charge is -2.45. The summed E-state index contributed by atoms with van der Waals surface area (Å²) in [4.78, 5) is 6.28. The van der Waals surface area contributed by atoms with E-state index in [9.17, 15) is 5.11 Å². The molecule has 0 atom stereocenters. The average Bonchev–Trinajstić information content (AvgIpc) is 2.01. The van der Waals surface area contributed by atoms with Gasteiger partial charge in [-0.25, -0.2) is 4.98 Å². The molecule has 2 heterocycles. The predicted molar refractivity (Wildman–Crippen MR) is 54.8 cm³/mol. The van der Waals surface area contributed by atoms with Crippen LogP contribution < -0.4 is 4.90 Å². The van der Waals surface area contributed by atoms with Crippen molar-refractivity contribution in [2.75, 3.05) is 18.0 Å². The molecule has 1 saturated heterocycles. The minimum Gasteiger partial charge on any atom is -0.386 e. The molecule has 0 amide bonds. The minimum atomic E-state index is -0.545. The summed E-state index contributed by atoms with van der Waals surface area (Å²) < 4.78 is 0.977. The van der Waals surface area contributed by atoms with E-state index in [1.807, 2.05) is 24.0 Å². The molecule has 3 nitrogen and oxygen atoms in total. The lowest BCUT2D eigenvalue weighted by molar-refractivity contribution is 0.0304. The molecule has 0 aliphatic carbocycles. The molecule has 1 aliphatic rings. The Balaban J connectivity index is 2.16. The Bertz CT molecular complexity index is 319. The van der Waals surface area contributed by atoms with Crippen LogP contribution in [0, 0.1) is 0 Å². The van der Waals surface area contributed by atoms with Crippen molar-refractivity contribution in [3.05, 3.63) is 22.8 Å². The Kier molecular flexibility index (Phi) is 2.04. The highest BCUT2D eigenvalue weighted by atomic mass is 79.9. The summed E-state index contributed by atoms with van der Waals surface area (Å²) in [5, 5.41) is 9.55. The molecule has 1 aromatic rings. The summed E-state index contributed by atoms with van der Waals surface area (Å²) in [7, 11) is 0. The molecule has 1 fully saturated rings. The molecule has 4 heteroatoms. The molecule has 0 unspecified atom stereocenters. The van der Waals surface area contributed by atoms with Gasteiger partial charge in [-0.1, -0.05) is 0 Å². The quantitative estimate of drug-likeness (QED) is 0.810. The van der Waals surface area contributed by atoms with Crippen LogP contribution in [0.1, 0.15) is 6.92 Å². The third kappa shape index (κ3) is 1.69. The summed E-state index contributed by atoms with van der Waals surface area (Å²) in [6.45, 7) is 3.14. The number of hydrogen-bond donors (Lipinski definition) is 1. The summed E-state index contributed by atoms with van der Waals surface area (Å²) in [6, 6.07) is 3.83. The number of β-amino-alcohol motifs (C(OH)–C–C–N with tert-alkyl or cyclic N) is 1. The molecule has 0 saturated carbocycles. The van der Waals surface area contributed by atoms with E-state index in [0.717, 1.165) is 10.3 Å². The van der Waals surface area contributed by atoms with Gasteiger partial charge in [0.1, 0.15) is 5.82 Å². The monoisotopic (exact) mass is 242 g/mol. The van der Waals surface area contributed by atoms with E-state index in [4.69, 9.17) is 0 Å². The van der Waals surface area contributed by atoms with Crippen molar-refractivity contribution in [3.63, 3.8) is 0 Å². The Labute approximate surface area is 85.5 Å². The molecule has 70 valence electrons. The van der Waals surface area contributed by atoms with Crippen molar-refractivity contribution < 1.29 is 5.11 Å². The van der Waals surface area contributed by atoms with Gasteiger partial charge in [0.2, 0.25) is 0 Å². The SMILES string of the molecule is CC1(O)CN(c2ncccc2Br)C1. The van der Waals surface area contributed by atoms with Crippen molar-refractivity contribution in [3.8, 4) is 0 Å². The van der Waals surface area contributed by atoms with Gasteiger partial charge in [-0.3, -0.25) is 0 Å². The molecule has 2 rings (SSSR count). The summed E-state index contributed by atoms with van der Waals surface area (Å²) >= 11 is 3.42. The van der Waals surface area contributed by atoms with Crippen LogP contribution in [0.3, 0.4) is 0 Å². The van der Waals surface area contributed by atoms with E-state index < -0.39 is 5.60 Å². The van der Waals surface area contributed by atoms with Crippen LogP contribution in [0.5, 0.6) is 0 Å². The van der Waals surface area contributed by atoms with E-state index in [1.165, 1.54) is 0 Å². The van der Waals surface area contributed by atoms with E-state index in [0.29, 0.717) is 13.1 Å². The number of halogens is 1. The zero-order valence-corrected chi connectivity index (χ0v) is 8.95. The second-order valence-corrected chi connectivity index (χ2v) is 4.52. The maximum atomic E-state index is 9.55. The molecule has 1 aliphatic heterocycles. The Hall–Kier alpha value is -0.610. The van der Waals surface area contributed by atoms with Crippen LogP contribution in [0.2, 0.25) is 0 Å². The van der Waals surface area contributed by atoms with E-state index in [-0.39, 0.29) is 0 Å². The molecule has 0 radical (unpaired) electrons. The molecule has 0 bridgehead atoms. The Morgan fingerprint density at radius 2 is 2.31 bits per heavy atom. The standard InChI is InChI=1S/C9H11BrN2O/c1-9(13)5-12(6-9)8-7(10)3-2-4-11-8/h2-4,13H,5-6H2,1H3. The summed E-state index contributed by atoms with van der Waals surface area (Å²) in [6.07, 6.45) is 1.76. The fraction of sp³-hybridized carbons (Fsp3) is 0.444. The molecule has 1 aromatic heterocycles. The zero-order valence-electron chi connectivity index (χ0n) is 7.37. The number of aliphatic hydroxyl groups is 1. The topological polar surface area (TPSA) is 36.4 Å². The maximum Gasteiger partial charge on any atom is 0.143 e. The largest absolute Gasteiger partial charge is 0.386 e. The summed E-state index contributed by atoms with van der Waals surface area (Å²) in [5.74, 6) is 0.911. The van der Waals surface area contributed by atoms with Crippen molar-refractivity contribution in [1.82, 2.24) is 4.98 Å². The first-order valence-electron chi connectivity index (χ1n) is 4.16. The second-order valence-electron chi connectivity index (χ2n) is 3.66. The van der Waals surface area contributed by atoms with Crippen molar-refractivity contribution >= 4 is 21.7 Å². The highest BCUT2D eigenvalue weighted by molar-refractivity contribution is 9.10. The zero-order chi connectivity index (χ0) is 9.47. The number of hydrogen-bond acceptors (Lipinski definition) is 3. The highest BCUT2D eigenvalue weighted by Gasteiger charge is 2.37. The highest BCUT2D eigenvalue weighted by Crippen LogP contribution is 2.30. The molecular weight excluding hydrogens is 232 g/mol. The van der Waals surface area contributed by atoms with E-state index >= 15 is 0 Å². The maximum absolute atomic E-state index is 9.55. The van der Waals surface area contributed by atoms with Gasteiger partial charge in [0.25, 0.3) is 0 Å². The fourth-order valence-corrected chi connectivity index (χ4v) is 2.04. The third-order valence-electron chi connectivity index (χ3n) is 2.10. The van der Waals surface area contributed by atoms with E-state index in [2.05, 4.69) is 20.9 Å². The van der Waals surface area contributed by atoms with Crippen LogP contribution in [-0.4, -0.2) is 28.8 Å². The van der Waals surface area contributed by atoms with Crippen LogP contribution in [0.4, 0.5) is 5.82 Å². The normalized spacial score (nSPS) is 19.8. The number of anilines is 1. The number of aromatic nitrogens is 1. The Morgan fingerprint density at radius 1 is 1.62 bits per heavy atom. The minimum absolute atomic E-state index is 0.545. The average molecular weight is 243 g/mol. The molecule has 0 spiro atoms. The number of rotatable bonds is 1.